The van der Waals surface area contributed by atoms with E-state index in [4.69, 9.17) is 0 Å². The highest BCUT2D eigenvalue weighted by molar-refractivity contribution is 8.00. The molecule has 172 valence electrons. The van der Waals surface area contributed by atoms with Gasteiger partial charge in [-0.05, 0) is 48.0 Å². The van der Waals surface area contributed by atoms with Gasteiger partial charge in [0, 0.05) is 17.4 Å². The van der Waals surface area contributed by atoms with Crippen molar-refractivity contribution in [2.24, 2.45) is 0 Å². The van der Waals surface area contributed by atoms with Crippen LogP contribution in [0.15, 0.2) is 89.4 Å². The molecule has 5 rings (SSSR count). The van der Waals surface area contributed by atoms with E-state index in [0.29, 0.717) is 11.3 Å². The number of aromatic nitrogens is 3. The molecule has 7 nitrogen and oxygen atoms in total. The minimum Gasteiger partial charge on any atom is -0.268 e. The number of nitrogens with zero attached hydrogens (tertiary/aromatic N) is 3. The molecule has 0 saturated heterocycles. The Kier molecular flexibility index (Phi) is 6.78. The van der Waals surface area contributed by atoms with Crippen LogP contribution in [-0.4, -0.2) is 26.8 Å². The molecule has 5 aromatic rings. The molecule has 35 heavy (non-hydrogen) atoms. The van der Waals surface area contributed by atoms with E-state index in [0.717, 1.165) is 32.2 Å². The summed E-state index contributed by atoms with van der Waals surface area (Å²) in [5.41, 5.74) is 9.40. The van der Waals surface area contributed by atoms with Gasteiger partial charge < -0.3 is 0 Å². The molecule has 0 unspecified atom stereocenters. The maximum absolute atomic E-state index is 12.4. The number of amides is 2. The second-order valence-corrected chi connectivity index (χ2v) is 9.75. The molecule has 2 heterocycles. The van der Waals surface area contributed by atoms with Crippen molar-refractivity contribution in [3.8, 4) is 0 Å². The van der Waals surface area contributed by atoms with Gasteiger partial charge in [0.2, 0.25) is 0 Å². The topological polar surface area (TPSA) is 96.9 Å². The smallest absolute Gasteiger partial charge is 0.268 e. The first-order chi connectivity index (χ1) is 17.1. The fourth-order valence-electron chi connectivity index (χ4n) is 3.26. The molecule has 9 heteroatoms. The summed E-state index contributed by atoms with van der Waals surface area (Å²) in [5.74, 6) is -0.124. The normalized spacial score (nSPS) is 11.2. The molecule has 0 aliphatic carbocycles. The number of carbonyl (C=O) groups excluding carboxylic acids is 2. The maximum atomic E-state index is 12.4. The van der Waals surface area contributed by atoms with Crippen LogP contribution in [0.4, 0.5) is 0 Å². The number of hydrazine groups is 1. The summed E-state index contributed by atoms with van der Waals surface area (Å²) < 4.78 is 2.18. The van der Waals surface area contributed by atoms with Crippen LogP contribution in [0.2, 0.25) is 0 Å². The lowest BCUT2D eigenvalue weighted by Crippen LogP contribution is -2.40. The van der Waals surface area contributed by atoms with Crippen molar-refractivity contribution < 1.29 is 9.59 Å². The first-order valence-electron chi connectivity index (χ1n) is 10.7. The molecule has 0 aliphatic rings. The van der Waals surface area contributed by atoms with E-state index in [1.165, 1.54) is 10.8 Å². The van der Waals surface area contributed by atoms with E-state index < -0.39 is 11.8 Å². The van der Waals surface area contributed by atoms with Crippen LogP contribution in [-0.2, 0) is 10.5 Å². The number of benzene rings is 3. The van der Waals surface area contributed by atoms with Crippen molar-refractivity contribution >= 4 is 62.2 Å². The zero-order valence-electron chi connectivity index (χ0n) is 18.3. The summed E-state index contributed by atoms with van der Waals surface area (Å²) in [5, 5.41) is 0. The molecule has 2 N–H and O–H groups in total. The minimum absolute atomic E-state index is 0.400. The van der Waals surface area contributed by atoms with Gasteiger partial charge in [-0.25, -0.2) is 9.97 Å². The van der Waals surface area contributed by atoms with Crippen molar-refractivity contribution in [3.05, 3.63) is 102 Å². The summed E-state index contributed by atoms with van der Waals surface area (Å²) >= 11 is 3.34. The largest absolute Gasteiger partial charge is 0.269 e. The number of hydrogen-bond acceptors (Lipinski definition) is 7. The molecule has 0 radical (unpaired) electrons. The Morgan fingerprint density at radius 1 is 0.857 bits per heavy atom. The molecule has 0 saturated carbocycles. The number of hydrogen-bond donors (Lipinski definition) is 2. The molecule has 0 fully saturated rings. The van der Waals surface area contributed by atoms with Crippen LogP contribution < -0.4 is 10.9 Å². The average Bonchev–Trinajstić information content (AvgIpc) is 3.32. The van der Waals surface area contributed by atoms with E-state index in [1.54, 1.807) is 47.5 Å². The van der Waals surface area contributed by atoms with Gasteiger partial charge in [0.1, 0.15) is 0 Å². The third-order valence-corrected chi connectivity index (χ3v) is 7.28. The summed E-state index contributed by atoms with van der Waals surface area (Å²) in [6.07, 6.45) is 4.42. The van der Waals surface area contributed by atoms with Crippen molar-refractivity contribution in [2.75, 3.05) is 0 Å². The Morgan fingerprint density at radius 3 is 2.40 bits per heavy atom. The fourth-order valence-corrected chi connectivity index (χ4v) is 5.28. The zero-order chi connectivity index (χ0) is 24.0. The van der Waals surface area contributed by atoms with Gasteiger partial charge >= 0.3 is 0 Å². The SMILES string of the molecule is O=C(/C=C/c1cnc2ccccc2n1)NNC(=O)c1ccc(CSc2nc3ccccc3s2)cc1. The van der Waals surface area contributed by atoms with Gasteiger partial charge in [0.05, 0.1) is 33.1 Å². The van der Waals surface area contributed by atoms with E-state index in [-0.39, 0.29) is 0 Å². The van der Waals surface area contributed by atoms with Crippen molar-refractivity contribution in [2.45, 2.75) is 10.1 Å². The van der Waals surface area contributed by atoms with Crippen molar-refractivity contribution in [1.82, 2.24) is 25.8 Å². The molecular weight excluding hydrogens is 478 g/mol. The number of nitrogens with one attached hydrogen (secondary N) is 2. The quantitative estimate of drug-likeness (QED) is 0.195. The molecule has 2 amide bonds. The van der Waals surface area contributed by atoms with Gasteiger partial charge in [0.15, 0.2) is 4.34 Å². The highest BCUT2D eigenvalue weighted by Gasteiger charge is 2.08. The van der Waals surface area contributed by atoms with E-state index in [2.05, 4.69) is 31.9 Å². The monoisotopic (exact) mass is 497 g/mol. The number of carbonyl (C=O) groups is 2. The van der Waals surface area contributed by atoms with Gasteiger partial charge in [0.25, 0.3) is 11.8 Å². The second-order valence-electron chi connectivity index (χ2n) is 7.49. The van der Waals surface area contributed by atoms with Gasteiger partial charge in [-0.15, -0.1) is 11.3 Å². The molecule has 3 aromatic carbocycles. The van der Waals surface area contributed by atoms with Crippen molar-refractivity contribution in [1.29, 1.82) is 0 Å². The maximum Gasteiger partial charge on any atom is 0.269 e. The summed E-state index contributed by atoms with van der Waals surface area (Å²) in [6, 6.07) is 22.8. The molecule has 2 aromatic heterocycles. The first-order valence-corrected chi connectivity index (χ1v) is 12.5. The molecule has 0 bridgehead atoms. The molecule has 0 aliphatic heterocycles. The fraction of sp³-hybridized carbons (Fsp3) is 0.0385. The number of para-hydroxylation sites is 3. The summed E-state index contributed by atoms with van der Waals surface area (Å²) in [4.78, 5) is 37.8. The Labute approximate surface area is 209 Å². The van der Waals surface area contributed by atoms with Crippen LogP contribution in [0, 0.1) is 0 Å². The Bertz CT molecular complexity index is 1510. The third-order valence-electron chi connectivity index (χ3n) is 5.02. The second kappa shape index (κ2) is 10.5. The number of rotatable bonds is 6. The van der Waals surface area contributed by atoms with E-state index in [9.17, 15) is 9.59 Å². The lowest BCUT2D eigenvalue weighted by atomic mass is 10.1. The van der Waals surface area contributed by atoms with Gasteiger partial charge in [-0.1, -0.05) is 48.2 Å². The number of thiazole rings is 1. The highest BCUT2D eigenvalue weighted by atomic mass is 32.2. The lowest BCUT2D eigenvalue weighted by Gasteiger charge is -2.06. The first kappa shape index (κ1) is 22.7. The predicted octanol–water partition coefficient (Wildman–Crippen LogP) is 5.01. The van der Waals surface area contributed by atoms with Crippen LogP contribution in [0.3, 0.4) is 0 Å². The van der Waals surface area contributed by atoms with E-state index in [1.807, 2.05) is 54.6 Å². The van der Waals surface area contributed by atoms with Crippen LogP contribution >= 0.6 is 23.1 Å². The molecular formula is C26H19N5O2S2. The zero-order valence-corrected chi connectivity index (χ0v) is 20.0. The lowest BCUT2D eigenvalue weighted by molar-refractivity contribution is -0.117. The molecule has 0 atom stereocenters. The van der Waals surface area contributed by atoms with Crippen molar-refractivity contribution in [3.63, 3.8) is 0 Å². The predicted molar refractivity (Wildman–Crippen MR) is 140 cm³/mol. The highest BCUT2D eigenvalue weighted by Crippen LogP contribution is 2.31. The summed E-state index contributed by atoms with van der Waals surface area (Å²) in [7, 11) is 0. The molecule has 0 spiro atoms. The standard InChI is InChI=1S/C26H19N5O2S2/c32-24(14-13-19-15-27-20-5-1-2-6-21(20)28-19)30-31-25(33)18-11-9-17(10-12-18)16-34-26-29-22-7-3-4-8-23(22)35-26/h1-15H,16H2,(H,30,32)(H,31,33)/b14-13+. The van der Waals surface area contributed by atoms with Crippen LogP contribution in [0.5, 0.6) is 0 Å². The third kappa shape index (κ3) is 5.71. The minimum atomic E-state index is -0.475. The number of thioether (sulfide) groups is 1. The van der Waals surface area contributed by atoms with Gasteiger partial charge in [-0.3, -0.25) is 25.4 Å². The van der Waals surface area contributed by atoms with Crippen LogP contribution in [0.25, 0.3) is 27.3 Å². The van der Waals surface area contributed by atoms with E-state index >= 15 is 0 Å². The Balaban J connectivity index is 1.11. The number of fused-ring (bicyclic) bond motifs is 2. The average molecular weight is 498 g/mol. The van der Waals surface area contributed by atoms with Crippen LogP contribution in [0.1, 0.15) is 21.6 Å². The summed E-state index contributed by atoms with van der Waals surface area (Å²) in [6.45, 7) is 0. The Hall–Kier alpha value is -4.08. The van der Waals surface area contributed by atoms with Gasteiger partial charge in [-0.2, -0.15) is 0 Å². The Morgan fingerprint density at radius 2 is 1.60 bits per heavy atom.